The first kappa shape index (κ1) is 12.2. The first-order valence-electron chi connectivity index (χ1n) is 6.08. The molecule has 0 bridgehead atoms. The van der Waals surface area contributed by atoms with Gasteiger partial charge in [0.25, 0.3) is 0 Å². The Morgan fingerprint density at radius 3 is 2.74 bits per heavy atom. The Bertz CT molecular complexity index is 703. The van der Waals surface area contributed by atoms with Gasteiger partial charge in [-0.2, -0.15) is 0 Å². The third kappa shape index (κ3) is 2.47. The van der Waals surface area contributed by atoms with Gasteiger partial charge in [-0.25, -0.2) is 4.39 Å². The molecule has 96 valence electrons. The Balaban J connectivity index is 1.88. The molecule has 1 aromatic heterocycles. The maximum Gasteiger partial charge on any atom is 0.166 e. The molecule has 0 amide bonds. The van der Waals surface area contributed by atoms with Gasteiger partial charge in [0.05, 0.1) is 0 Å². The Morgan fingerprint density at radius 2 is 1.95 bits per heavy atom. The second-order valence-electron chi connectivity index (χ2n) is 4.47. The number of thiophene rings is 1. The average molecular weight is 272 g/mol. The van der Waals surface area contributed by atoms with Gasteiger partial charge < -0.3 is 4.74 Å². The maximum atomic E-state index is 13.9. The van der Waals surface area contributed by atoms with Gasteiger partial charge in [-0.3, -0.25) is 0 Å². The van der Waals surface area contributed by atoms with E-state index in [1.165, 1.54) is 0 Å². The van der Waals surface area contributed by atoms with Gasteiger partial charge in [0.2, 0.25) is 0 Å². The zero-order valence-corrected chi connectivity index (χ0v) is 11.3. The number of halogens is 1. The minimum atomic E-state index is -0.301. The maximum absolute atomic E-state index is 13.9. The van der Waals surface area contributed by atoms with E-state index in [1.54, 1.807) is 23.5 Å². The van der Waals surface area contributed by atoms with E-state index in [2.05, 4.69) is 0 Å². The van der Waals surface area contributed by atoms with Crippen molar-refractivity contribution in [3.63, 3.8) is 0 Å². The Hall–Kier alpha value is -1.87. The molecule has 1 nitrogen and oxygen atoms in total. The molecule has 3 aromatic rings. The topological polar surface area (TPSA) is 9.23 Å². The van der Waals surface area contributed by atoms with Crippen LogP contribution in [0.15, 0.2) is 47.8 Å². The molecule has 3 heteroatoms. The molecule has 0 saturated carbocycles. The van der Waals surface area contributed by atoms with Crippen molar-refractivity contribution in [2.45, 2.75) is 13.5 Å². The van der Waals surface area contributed by atoms with Crippen LogP contribution in [0.25, 0.3) is 10.1 Å². The summed E-state index contributed by atoms with van der Waals surface area (Å²) in [4.78, 5) is 0. The first-order valence-corrected chi connectivity index (χ1v) is 6.96. The van der Waals surface area contributed by atoms with Gasteiger partial charge in [0.15, 0.2) is 11.6 Å². The van der Waals surface area contributed by atoms with Crippen molar-refractivity contribution >= 4 is 21.4 Å². The molecule has 0 radical (unpaired) electrons. The van der Waals surface area contributed by atoms with Gasteiger partial charge >= 0.3 is 0 Å². The fourth-order valence-corrected chi connectivity index (χ4v) is 2.95. The predicted molar refractivity (Wildman–Crippen MR) is 77.3 cm³/mol. The minimum Gasteiger partial charge on any atom is -0.486 e. The third-order valence-corrected chi connectivity index (χ3v) is 4.12. The van der Waals surface area contributed by atoms with Gasteiger partial charge in [0, 0.05) is 4.70 Å². The molecule has 0 aliphatic rings. The molecule has 3 rings (SSSR count). The molecule has 1 heterocycles. The van der Waals surface area contributed by atoms with Gasteiger partial charge in [-0.05, 0) is 40.9 Å². The molecule has 0 atom stereocenters. The second-order valence-corrected chi connectivity index (χ2v) is 5.38. The Morgan fingerprint density at radius 1 is 1.16 bits per heavy atom. The van der Waals surface area contributed by atoms with E-state index >= 15 is 0 Å². The van der Waals surface area contributed by atoms with Crippen LogP contribution < -0.4 is 4.74 Å². The lowest BCUT2D eigenvalue weighted by molar-refractivity contribution is 0.291. The smallest absolute Gasteiger partial charge is 0.166 e. The van der Waals surface area contributed by atoms with E-state index in [4.69, 9.17) is 4.74 Å². The van der Waals surface area contributed by atoms with Crippen molar-refractivity contribution < 1.29 is 9.13 Å². The standard InChI is InChI=1S/C16H13FOS/c1-11-10-19-16-8-14(17)15(7-13(11)16)18-9-12-5-3-2-4-6-12/h2-8,10H,9H2,1H3. The lowest BCUT2D eigenvalue weighted by Crippen LogP contribution is -1.97. The number of ether oxygens (including phenoxy) is 1. The number of rotatable bonds is 3. The molecule has 0 saturated heterocycles. The molecule has 19 heavy (non-hydrogen) atoms. The summed E-state index contributed by atoms with van der Waals surface area (Å²) in [5.41, 5.74) is 2.19. The number of aryl methyl sites for hydroxylation is 1. The van der Waals surface area contributed by atoms with Crippen LogP contribution >= 0.6 is 11.3 Å². The summed E-state index contributed by atoms with van der Waals surface area (Å²) >= 11 is 1.56. The van der Waals surface area contributed by atoms with Crippen molar-refractivity contribution in [2.24, 2.45) is 0 Å². The van der Waals surface area contributed by atoms with Crippen molar-refractivity contribution in [1.82, 2.24) is 0 Å². The van der Waals surface area contributed by atoms with Crippen LogP contribution in [0.1, 0.15) is 11.1 Å². The Labute approximate surface area is 115 Å². The number of benzene rings is 2. The molecule has 0 unspecified atom stereocenters. The minimum absolute atomic E-state index is 0.301. The summed E-state index contributed by atoms with van der Waals surface area (Å²) in [6, 6.07) is 13.1. The normalized spacial score (nSPS) is 10.8. The zero-order valence-electron chi connectivity index (χ0n) is 10.5. The van der Waals surface area contributed by atoms with Crippen molar-refractivity contribution in [1.29, 1.82) is 0 Å². The summed E-state index contributed by atoms with van der Waals surface area (Å²) in [7, 11) is 0. The number of hydrogen-bond acceptors (Lipinski definition) is 2. The Kier molecular flexibility index (Phi) is 3.22. The van der Waals surface area contributed by atoms with Crippen LogP contribution in [0.3, 0.4) is 0 Å². The second kappa shape index (κ2) is 5.02. The van der Waals surface area contributed by atoms with Crippen molar-refractivity contribution in [2.75, 3.05) is 0 Å². The van der Waals surface area contributed by atoms with Crippen molar-refractivity contribution in [3.05, 3.63) is 64.8 Å². The molecule has 0 aliphatic carbocycles. The fourth-order valence-electron chi connectivity index (χ4n) is 2.00. The van der Waals surface area contributed by atoms with Crippen LogP contribution in [-0.2, 0) is 6.61 Å². The van der Waals surface area contributed by atoms with E-state index in [-0.39, 0.29) is 5.82 Å². The predicted octanol–water partition coefficient (Wildman–Crippen LogP) is 4.93. The van der Waals surface area contributed by atoms with E-state index in [0.717, 1.165) is 21.2 Å². The lowest BCUT2D eigenvalue weighted by atomic mass is 10.2. The summed E-state index contributed by atoms with van der Waals surface area (Å²) in [5.74, 6) is 0.0168. The van der Waals surface area contributed by atoms with Crippen LogP contribution in [0.2, 0.25) is 0 Å². The third-order valence-electron chi connectivity index (χ3n) is 3.06. The summed E-state index contributed by atoms with van der Waals surface area (Å²) in [5, 5.41) is 3.10. The average Bonchev–Trinajstić information content (AvgIpc) is 2.78. The monoisotopic (exact) mass is 272 g/mol. The first-order chi connectivity index (χ1) is 9.24. The van der Waals surface area contributed by atoms with E-state index in [9.17, 15) is 4.39 Å². The van der Waals surface area contributed by atoms with Gasteiger partial charge in [-0.15, -0.1) is 11.3 Å². The molecular formula is C16H13FOS. The van der Waals surface area contributed by atoms with E-state index < -0.39 is 0 Å². The molecule has 2 aromatic carbocycles. The highest BCUT2D eigenvalue weighted by Gasteiger charge is 2.09. The van der Waals surface area contributed by atoms with Gasteiger partial charge in [-0.1, -0.05) is 30.3 Å². The highest BCUT2D eigenvalue weighted by atomic mass is 32.1. The van der Waals surface area contributed by atoms with E-state index in [0.29, 0.717) is 12.4 Å². The molecule has 0 fully saturated rings. The lowest BCUT2D eigenvalue weighted by Gasteiger charge is -2.08. The summed E-state index contributed by atoms with van der Waals surface area (Å²) in [6.45, 7) is 2.41. The summed E-state index contributed by atoms with van der Waals surface area (Å²) in [6.07, 6.45) is 0. The zero-order chi connectivity index (χ0) is 13.2. The number of fused-ring (bicyclic) bond motifs is 1. The summed E-state index contributed by atoms with van der Waals surface area (Å²) < 4.78 is 20.5. The van der Waals surface area contributed by atoms with Crippen LogP contribution in [-0.4, -0.2) is 0 Å². The molecule has 0 spiro atoms. The highest BCUT2D eigenvalue weighted by molar-refractivity contribution is 7.17. The van der Waals surface area contributed by atoms with Crippen LogP contribution in [0, 0.1) is 12.7 Å². The van der Waals surface area contributed by atoms with Crippen LogP contribution in [0.4, 0.5) is 4.39 Å². The largest absolute Gasteiger partial charge is 0.486 e. The highest BCUT2D eigenvalue weighted by Crippen LogP contribution is 2.31. The van der Waals surface area contributed by atoms with E-state index in [1.807, 2.05) is 42.6 Å². The molecule has 0 aliphatic heterocycles. The fraction of sp³-hybridized carbons (Fsp3) is 0.125. The van der Waals surface area contributed by atoms with Gasteiger partial charge in [0.1, 0.15) is 6.61 Å². The van der Waals surface area contributed by atoms with Crippen LogP contribution in [0.5, 0.6) is 5.75 Å². The number of hydrogen-bond donors (Lipinski definition) is 0. The molecule has 0 N–H and O–H groups in total. The quantitative estimate of drug-likeness (QED) is 0.657. The molecular weight excluding hydrogens is 259 g/mol. The SMILES string of the molecule is Cc1csc2cc(F)c(OCc3ccccc3)cc12. The van der Waals surface area contributed by atoms with Crippen molar-refractivity contribution in [3.8, 4) is 5.75 Å².